The van der Waals surface area contributed by atoms with E-state index in [0.717, 1.165) is 6.07 Å². The number of ether oxygens (including phenoxy) is 2. The highest BCUT2D eigenvalue weighted by Crippen LogP contribution is 2.25. The zero-order valence-corrected chi connectivity index (χ0v) is 8.76. The molecule has 0 fully saturated rings. The van der Waals surface area contributed by atoms with Crippen LogP contribution < -0.4 is 9.47 Å². The molecule has 0 aliphatic heterocycles. The maximum absolute atomic E-state index is 11.7. The third-order valence-corrected chi connectivity index (χ3v) is 1.27. The van der Waals surface area contributed by atoms with E-state index in [2.05, 4.69) is 4.74 Å². The van der Waals surface area contributed by atoms with Gasteiger partial charge >= 0.3 is 6.36 Å². The van der Waals surface area contributed by atoms with Gasteiger partial charge in [-0.25, -0.2) is 0 Å². The Bertz CT molecular complexity index is 284. The van der Waals surface area contributed by atoms with Crippen LogP contribution in [0.1, 0.15) is 13.8 Å². The Kier molecular flexibility index (Phi) is 5.59. The lowest BCUT2D eigenvalue weighted by molar-refractivity contribution is -0.274. The lowest BCUT2D eigenvalue weighted by Crippen LogP contribution is -2.17. The molecule has 2 nitrogen and oxygen atoms in total. The molecule has 1 rings (SSSR count). The summed E-state index contributed by atoms with van der Waals surface area (Å²) in [5.41, 5.74) is 0. The highest BCUT2D eigenvalue weighted by molar-refractivity contribution is 5.32. The second-order valence-electron chi connectivity index (χ2n) is 2.23. The number of hydrogen-bond donors (Lipinski definition) is 0. The van der Waals surface area contributed by atoms with Gasteiger partial charge in [0.1, 0.15) is 11.5 Å². The van der Waals surface area contributed by atoms with Crippen molar-refractivity contribution in [3.05, 3.63) is 24.3 Å². The summed E-state index contributed by atoms with van der Waals surface area (Å²) >= 11 is 0. The van der Waals surface area contributed by atoms with Crippen LogP contribution in [0.3, 0.4) is 0 Å². The lowest BCUT2D eigenvalue weighted by atomic mass is 10.3. The molecule has 0 amide bonds. The van der Waals surface area contributed by atoms with E-state index in [1.807, 2.05) is 13.8 Å². The van der Waals surface area contributed by atoms with Gasteiger partial charge in [0.2, 0.25) is 0 Å². The second kappa shape index (κ2) is 6.16. The molecule has 0 aliphatic rings. The van der Waals surface area contributed by atoms with Crippen molar-refractivity contribution in [1.82, 2.24) is 0 Å². The summed E-state index contributed by atoms with van der Waals surface area (Å²) in [7, 11) is 1.37. The van der Waals surface area contributed by atoms with E-state index in [0.29, 0.717) is 5.75 Å². The average Bonchev–Trinajstić information content (AvgIpc) is 2.19. The fraction of sp³-hybridized carbons (Fsp3) is 0.400. The number of rotatable bonds is 2. The van der Waals surface area contributed by atoms with Crippen molar-refractivity contribution in [2.24, 2.45) is 0 Å². The van der Waals surface area contributed by atoms with Crippen molar-refractivity contribution in [2.75, 3.05) is 7.11 Å². The first-order chi connectivity index (χ1) is 7.01. The van der Waals surface area contributed by atoms with Crippen LogP contribution in [-0.4, -0.2) is 13.5 Å². The molecule has 0 spiro atoms. The molecule has 86 valence electrons. The monoisotopic (exact) mass is 222 g/mol. The predicted molar refractivity (Wildman–Crippen MR) is 51.0 cm³/mol. The van der Waals surface area contributed by atoms with E-state index in [-0.39, 0.29) is 5.75 Å². The van der Waals surface area contributed by atoms with Crippen molar-refractivity contribution in [1.29, 1.82) is 0 Å². The Labute approximate surface area is 86.6 Å². The van der Waals surface area contributed by atoms with Crippen molar-refractivity contribution in [3.8, 4) is 11.5 Å². The second-order valence-corrected chi connectivity index (χ2v) is 2.23. The van der Waals surface area contributed by atoms with Crippen molar-refractivity contribution >= 4 is 0 Å². The SMILES string of the molecule is CC.COc1cccc(OC(F)(F)F)c1. The summed E-state index contributed by atoms with van der Waals surface area (Å²) in [6.07, 6.45) is -4.66. The smallest absolute Gasteiger partial charge is 0.497 e. The van der Waals surface area contributed by atoms with Gasteiger partial charge in [0, 0.05) is 6.07 Å². The Morgan fingerprint density at radius 1 is 1.07 bits per heavy atom. The quantitative estimate of drug-likeness (QED) is 0.760. The minimum Gasteiger partial charge on any atom is -0.497 e. The summed E-state index contributed by atoms with van der Waals surface area (Å²) in [6.45, 7) is 4.00. The number of halogens is 3. The minimum absolute atomic E-state index is 0.285. The van der Waals surface area contributed by atoms with Crippen molar-refractivity contribution in [2.45, 2.75) is 20.2 Å². The molecular formula is C10H13F3O2. The van der Waals surface area contributed by atoms with Gasteiger partial charge in [-0.3, -0.25) is 0 Å². The predicted octanol–water partition coefficient (Wildman–Crippen LogP) is 3.62. The minimum atomic E-state index is -4.66. The summed E-state index contributed by atoms with van der Waals surface area (Å²) in [5.74, 6) is 0.0357. The number of alkyl halides is 3. The summed E-state index contributed by atoms with van der Waals surface area (Å²) in [6, 6.07) is 5.31. The number of benzene rings is 1. The van der Waals surface area contributed by atoms with Crippen LogP contribution in [-0.2, 0) is 0 Å². The van der Waals surface area contributed by atoms with Crippen LogP contribution in [0.15, 0.2) is 24.3 Å². The summed E-state index contributed by atoms with van der Waals surface area (Å²) < 4.78 is 43.5. The Hall–Kier alpha value is -1.39. The molecule has 5 heteroatoms. The maximum atomic E-state index is 11.7. The van der Waals surface area contributed by atoms with Gasteiger partial charge in [-0.1, -0.05) is 19.9 Å². The van der Waals surface area contributed by atoms with Gasteiger partial charge in [0.25, 0.3) is 0 Å². The van der Waals surface area contributed by atoms with Crippen LogP contribution >= 0.6 is 0 Å². The maximum Gasteiger partial charge on any atom is 0.573 e. The molecule has 0 aliphatic carbocycles. The van der Waals surface area contributed by atoms with Gasteiger partial charge in [0.15, 0.2) is 0 Å². The van der Waals surface area contributed by atoms with E-state index in [1.165, 1.54) is 25.3 Å². The van der Waals surface area contributed by atoms with Crippen molar-refractivity contribution in [3.63, 3.8) is 0 Å². The topological polar surface area (TPSA) is 18.5 Å². The molecule has 0 heterocycles. The zero-order valence-electron chi connectivity index (χ0n) is 8.76. The normalized spacial score (nSPS) is 10.0. The van der Waals surface area contributed by atoms with Crippen LogP contribution in [0, 0.1) is 0 Å². The molecule has 15 heavy (non-hydrogen) atoms. The van der Waals surface area contributed by atoms with E-state index >= 15 is 0 Å². The first-order valence-electron chi connectivity index (χ1n) is 4.41. The van der Waals surface area contributed by atoms with Crippen LogP contribution in [0.25, 0.3) is 0 Å². The summed E-state index contributed by atoms with van der Waals surface area (Å²) in [5, 5.41) is 0. The van der Waals surface area contributed by atoms with Crippen LogP contribution in [0.4, 0.5) is 13.2 Å². The van der Waals surface area contributed by atoms with E-state index in [9.17, 15) is 13.2 Å². The van der Waals surface area contributed by atoms with Gasteiger partial charge in [-0.2, -0.15) is 0 Å². The molecule has 0 saturated carbocycles. The molecule has 1 aromatic carbocycles. The van der Waals surface area contributed by atoms with E-state index in [1.54, 1.807) is 0 Å². The Morgan fingerprint density at radius 3 is 2.07 bits per heavy atom. The molecule has 0 N–H and O–H groups in total. The number of methoxy groups -OCH3 is 1. The molecule has 0 bridgehead atoms. The lowest BCUT2D eigenvalue weighted by Gasteiger charge is -2.09. The van der Waals surface area contributed by atoms with Gasteiger partial charge in [-0.15, -0.1) is 13.2 Å². The largest absolute Gasteiger partial charge is 0.573 e. The molecular weight excluding hydrogens is 209 g/mol. The number of hydrogen-bond acceptors (Lipinski definition) is 2. The molecule has 0 unspecified atom stereocenters. The van der Waals surface area contributed by atoms with Gasteiger partial charge in [-0.05, 0) is 12.1 Å². The first kappa shape index (κ1) is 13.6. The average molecular weight is 222 g/mol. The molecule has 0 saturated heterocycles. The van der Waals surface area contributed by atoms with E-state index in [4.69, 9.17) is 4.74 Å². The van der Waals surface area contributed by atoms with E-state index < -0.39 is 6.36 Å². The van der Waals surface area contributed by atoms with Gasteiger partial charge in [0.05, 0.1) is 7.11 Å². The fourth-order valence-corrected chi connectivity index (χ4v) is 0.798. The standard InChI is InChI=1S/C8H7F3O2.C2H6/c1-12-6-3-2-4-7(5-6)13-8(9,10)11;1-2/h2-5H,1H3;1-2H3. The third-order valence-electron chi connectivity index (χ3n) is 1.27. The highest BCUT2D eigenvalue weighted by atomic mass is 19.4. The molecule has 0 radical (unpaired) electrons. The van der Waals surface area contributed by atoms with Crippen molar-refractivity contribution < 1.29 is 22.6 Å². The third kappa shape index (κ3) is 5.83. The fourth-order valence-electron chi connectivity index (χ4n) is 0.798. The van der Waals surface area contributed by atoms with Gasteiger partial charge < -0.3 is 9.47 Å². The van der Waals surface area contributed by atoms with Crippen LogP contribution in [0.2, 0.25) is 0 Å². The molecule has 0 atom stereocenters. The first-order valence-corrected chi connectivity index (χ1v) is 4.41. The Morgan fingerprint density at radius 2 is 1.60 bits per heavy atom. The Balaban J connectivity index is 0.000000921. The van der Waals surface area contributed by atoms with Crippen LogP contribution in [0.5, 0.6) is 11.5 Å². The highest BCUT2D eigenvalue weighted by Gasteiger charge is 2.31. The zero-order chi connectivity index (χ0) is 11.9. The molecule has 1 aromatic rings. The molecule has 0 aromatic heterocycles. The summed E-state index contributed by atoms with van der Waals surface area (Å²) in [4.78, 5) is 0.